The maximum absolute atomic E-state index is 12.1. The fraction of sp³-hybridized carbons (Fsp3) is 0.353. The Morgan fingerprint density at radius 1 is 1.35 bits per heavy atom. The number of hydrogen-bond acceptors (Lipinski definition) is 4. The summed E-state index contributed by atoms with van der Waals surface area (Å²) in [5.74, 6) is 0.429. The van der Waals surface area contributed by atoms with Crippen LogP contribution in [0.25, 0.3) is 0 Å². The van der Waals surface area contributed by atoms with Gasteiger partial charge in [0.15, 0.2) is 5.78 Å². The number of Topliss-reactive ketones (excluding diaryl/α,β-unsaturated/α-hetero) is 1. The molecule has 6 nitrogen and oxygen atoms in total. The second-order valence-corrected chi connectivity index (χ2v) is 5.24. The van der Waals surface area contributed by atoms with Crippen molar-refractivity contribution in [2.75, 3.05) is 7.11 Å². The van der Waals surface area contributed by atoms with Gasteiger partial charge in [0.25, 0.3) is 0 Å². The molecule has 0 bridgehead atoms. The van der Waals surface area contributed by atoms with E-state index in [1.807, 2.05) is 13.1 Å². The monoisotopic (exact) mass is 315 g/mol. The van der Waals surface area contributed by atoms with Gasteiger partial charge in [-0.25, -0.2) is 0 Å². The summed E-state index contributed by atoms with van der Waals surface area (Å²) in [5.41, 5.74) is 2.21. The van der Waals surface area contributed by atoms with Gasteiger partial charge in [0.05, 0.1) is 19.7 Å². The zero-order valence-corrected chi connectivity index (χ0v) is 13.6. The fourth-order valence-electron chi connectivity index (χ4n) is 2.24. The minimum Gasteiger partial charge on any atom is -0.496 e. The molecule has 1 aromatic carbocycles. The number of amides is 1. The number of methoxy groups -OCH3 is 1. The molecule has 0 aliphatic heterocycles. The number of rotatable bonds is 7. The van der Waals surface area contributed by atoms with E-state index in [1.165, 1.54) is 6.92 Å². The highest BCUT2D eigenvalue weighted by atomic mass is 16.5. The predicted molar refractivity (Wildman–Crippen MR) is 86.5 cm³/mol. The molecule has 0 aliphatic rings. The minimum absolute atomic E-state index is 0.0405. The van der Waals surface area contributed by atoms with Crippen LogP contribution in [0.15, 0.2) is 30.6 Å². The molecule has 0 spiro atoms. The first-order valence-corrected chi connectivity index (χ1v) is 7.49. The van der Waals surface area contributed by atoms with Crippen molar-refractivity contribution in [1.29, 1.82) is 0 Å². The number of nitrogens with zero attached hydrogens (tertiary/aromatic N) is 2. The van der Waals surface area contributed by atoms with Gasteiger partial charge < -0.3 is 10.1 Å². The fourth-order valence-corrected chi connectivity index (χ4v) is 2.24. The summed E-state index contributed by atoms with van der Waals surface area (Å²) in [6.07, 6.45) is 3.80. The van der Waals surface area contributed by atoms with E-state index in [1.54, 1.807) is 36.2 Å². The Kier molecular flexibility index (Phi) is 5.51. The molecule has 23 heavy (non-hydrogen) atoms. The maximum Gasteiger partial charge on any atom is 0.224 e. The number of hydrogen-bond donors (Lipinski definition) is 1. The number of aromatic nitrogens is 2. The Hall–Kier alpha value is -2.63. The topological polar surface area (TPSA) is 73.2 Å². The molecule has 1 N–H and O–H groups in total. The van der Waals surface area contributed by atoms with Crippen molar-refractivity contribution in [3.63, 3.8) is 0 Å². The van der Waals surface area contributed by atoms with Gasteiger partial charge >= 0.3 is 0 Å². The maximum atomic E-state index is 12.1. The van der Waals surface area contributed by atoms with Crippen LogP contribution in [0.2, 0.25) is 0 Å². The molecule has 1 heterocycles. The first-order valence-electron chi connectivity index (χ1n) is 7.49. The van der Waals surface area contributed by atoms with Crippen LogP contribution in [0.3, 0.4) is 0 Å². The Morgan fingerprint density at radius 2 is 2.13 bits per heavy atom. The van der Waals surface area contributed by atoms with Crippen molar-refractivity contribution in [2.24, 2.45) is 0 Å². The van der Waals surface area contributed by atoms with Gasteiger partial charge in [-0.1, -0.05) is 0 Å². The summed E-state index contributed by atoms with van der Waals surface area (Å²) in [7, 11) is 1.54. The second kappa shape index (κ2) is 7.58. The quantitative estimate of drug-likeness (QED) is 0.793. The average Bonchev–Trinajstić information content (AvgIpc) is 3.01. The van der Waals surface area contributed by atoms with Gasteiger partial charge in [0.2, 0.25) is 5.91 Å². The molecular formula is C17H21N3O3. The summed E-state index contributed by atoms with van der Waals surface area (Å²) in [4.78, 5) is 23.6. The average molecular weight is 315 g/mol. The zero-order chi connectivity index (χ0) is 16.8. The smallest absolute Gasteiger partial charge is 0.224 e. The normalized spacial score (nSPS) is 10.4. The third kappa shape index (κ3) is 4.42. The third-order valence-corrected chi connectivity index (χ3v) is 3.54. The molecular weight excluding hydrogens is 294 g/mol. The molecule has 0 radical (unpaired) electrons. The van der Waals surface area contributed by atoms with Gasteiger partial charge in [-0.15, -0.1) is 0 Å². The van der Waals surface area contributed by atoms with Crippen LogP contribution in [0.4, 0.5) is 0 Å². The molecule has 0 fully saturated rings. The Labute approximate surface area is 135 Å². The van der Waals surface area contributed by atoms with E-state index in [4.69, 9.17) is 4.74 Å². The van der Waals surface area contributed by atoms with Crippen LogP contribution in [-0.4, -0.2) is 28.6 Å². The predicted octanol–water partition coefficient (Wildman–Crippen LogP) is 1.97. The molecule has 0 saturated heterocycles. The number of nitrogens with one attached hydrogen (secondary N) is 1. The van der Waals surface area contributed by atoms with Gasteiger partial charge in [-0.3, -0.25) is 14.3 Å². The van der Waals surface area contributed by atoms with Crippen LogP contribution >= 0.6 is 0 Å². The number of carbonyl (C=O) groups is 2. The van der Waals surface area contributed by atoms with E-state index in [9.17, 15) is 9.59 Å². The molecule has 122 valence electrons. The third-order valence-electron chi connectivity index (χ3n) is 3.54. The largest absolute Gasteiger partial charge is 0.496 e. The van der Waals surface area contributed by atoms with E-state index < -0.39 is 0 Å². The molecule has 2 rings (SSSR count). The van der Waals surface area contributed by atoms with E-state index >= 15 is 0 Å². The van der Waals surface area contributed by atoms with Crippen LogP contribution in [0.5, 0.6) is 5.75 Å². The summed E-state index contributed by atoms with van der Waals surface area (Å²) < 4.78 is 7.06. The molecule has 0 aliphatic carbocycles. The second-order valence-electron chi connectivity index (χ2n) is 5.24. The van der Waals surface area contributed by atoms with Crippen molar-refractivity contribution in [3.05, 3.63) is 47.3 Å². The minimum atomic E-state index is -0.131. The summed E-state index contributed by atoms with van der Waals surface area (Å²) in [6, 6.07) is 5.11. The summed E-state index contributed by atoms with van der Waals surface area (Å²) >= 11 is 0. The van der Waals surface area contributed by atoms with Crippen LogP contribution < -0.4 is 10.1 Å². The standard InChI is InChI=1S/C17H21N3O3/c1-4-20-11-13(10-19-20)9-18-17(22)8-15-7-14(12(2)21)5-6-16(15)23-3/h5-7,10-11H,4,8-9H2,1-3H3,(H,18,22). The van der Waals surface area contributed by atoms with Gasteiger partial charge in [0.1, 0.15) is 5.75 Å². The van der Waals surface area contributed by atoms with Crippen LogP contribution in [0.1, 0.15) is 35.3 Å². The summed E-state index contributed by atoms with van der Waals surface area (Å²) in [5, 5.41) is 7.01. The van der Waals surface area contributed by atoms with E-state index in [-0.39, 0.29) is 18.1 Å². The molecule has 0 unspecified atom stereocenters. The van der Waals surface area contributed by atoms with E-state index in [0.717, 1.165) is 12.1 Å². The lowest BCUT2D eigenvalue weighted by Crippen LogP contribution is -2.24. The Bertz CT molecular complexity index is 707. The van der Waals surface area contributed by atoms with Crippen molar-refractivity contribution < 1.29 is 14.3 Å². The van der Waals surface area contributed by atoms with Crippen molar-refractivity contribution in [1.82, 2.24) is 15.1 Å². The van der Waals surface area contributed by atoms with E-state index in [0.29, 0.717) is 23.4 Å². The highest BCUT2D eigenvalue weighted by molar-refractivity contribution is 5.94. The van der Waals surface area contributed by atoms with Crippen molar-refractivity contribution in [2.45, 2.75) is 33.4 Å². The highest BCUT2D eigenvalue weighted by Gasteiger charge is 2.11. The van der Waals surface area contributed by atoms with Crippen LogP contribution in [-0.2, 0) is 24.3 Å². The van der Waals surface area contributed by atoms with Gasteiger partial charge in [-0.05, 0) is 32.0 Å². The number of ketones is 1. The highest BCUT2D eigenvalue weighted by Crippen LogP contribution is 2.20. The lowest BCUT2D eigenvalue weighted by molar-refractivity contribution is -0.120. The number of ether oxygens (including phenoxy) is 1. The molecule has 1 amide bonds. The van der Waals surface area contributed by atoms with Crippen molar-refractivity contribution in [3.8, 4) is 5.75 Å². The number of carbonyl (C=O) groups excluding carboxylic acids is 2. The first kappa shape index (κ1) is 16.7. The lowest BCUT2D eigenvalue weighted by Gasteiger charge is -2.10. The van der Waals surface area contributed by atoms with Crippen molar-refractivity contribution >= 4 is 11.7 Å². The summed E-state index contributed by atoms with van der Waals surface area (Å²) in [6.45, 7) is 4.72. The number of aryl methyl sites for hydroxylation is 1. The zero-order valence-electron chi connectivity index (χ0n) is 13.6. The Morgan fingerprint density at radius 3 is 2.74 bits per heavy atom. The molecule has 2 aromatic rings. The molecule has 0 saturated carbocycles. The number of benzene rings is 1. The first-order chi connectivity index (χ1) is 11.0. The SMILES string of the molecule is CCn1cc(CNC(=O)Cc2cc(C(C)=O)ccc2OC)cn1. The molecule has 0 atom stereocenters. The Balaban J connectivity index is 2.01. The van der Waals surface area contributed by atoms with E-state index in [2.05, 4.69) is 10.4 Å². The van der Waals surface area contributed by atoms with Gasteiger partial charge in [-0.2, -0.15) is 5.10 Å². The van der Waals surface area contributed by atoms with Gasteiger partial charge in [0, 0.05) is 36.0 Å². The van der Waals surface area contributed by atoms with Crippen LogP contribution in [0, 0.1) is 0 Å². The molecule has 1 aromatic heterocycles. The lowest BCUT2D eigenvalue weighted by atomic mass is 10.0. The molecule has 6 heteroatoms.